The zero-order valence-corrected chi connectivity index (χ0v) is 4.81. The van der Waals surface area contributed by atoms with Crippen LogP contribution < -0.4 is 5.32 Å². The molecule has 0 aliphatic carbocycles. The Hall–Kier alpha value is -0.570. The van der Waals surface area contributed by atoms with Crippen LogP contribution in [-0.4, -0.2) is 18.7 Å². The number of hydrogen-bond acceptors (Lipinski definition) is 2. The molecule has 3 nitrogen and oxygen atoms in total. The quantitative estimate of drug-likeness (QED) is 0.509. The SMILES string of the molecule is CCOC1CC(=O)N1. The van der Waals surface area contributed by atoms with Gasteiger partial charge in [-0.25, -0.2) is 0 Å². The van der Waals surface area contributed by atoms with Crippen molar-refractivity contribution in [1.82, 2.24) is 5.32 Å². The van der Waals surface area contributed by atoms with Crippen molar-refractivity contribution < 1.29 is 9.53 Å². The molecular formula is C5H9NO2. The van der Waals surface area contributed by atoms with Crippen molar-refractivity contribution in [3.8, 4) is 0 Å². The molecule has 1 saturated heterocycles. The Balaban J connectivity index is 2.06. The number of carbonyl (C=O) groups excluding carboxylic acids is 1. The van der Waals surface area contributed by atoms with Gasteiger partial charge in [0, 0.05) is 6.61 Å². The van der Waals surface area contributed by atoms with E-state index in [0.29, 0.717) is 13.0 Å². The van der Waals surface area contributed by atoms with Gasteiger partial charge in [0.05, 0.1) is 6.42 Å². The Morgan fingerprint density at radius 1 is 2.00 bits per heavy atom. The molecule has 1 atom stereocenters. The molecule has 1 aliphatic rings. The standard InChI is InChI=1S/C5H9NO2/c1-2-8-5-3-4(7)6-5/h5H,2-3H2,1H3,(H,6,7). The molecule has 3 heteroatoms. The predicted octanol–water partition coefficient (Wildman–Crippen LogP) is -0.131. The van der Waals surface area contributed by atoms with Gasteiger partial charge in [-0.05, 0) is 6.92 Å². The zero-order chi connectivity index (χ0) is 5.98. The number of ether oxygens (including phenoxy) is 1. The number of nitrogens with one attached hydrogen (secondary N) is 1. The maximum absolute atomic E-state index is 10.2. The van der Waals surface area contributed by atoms with Gasteiger partial charge in [-0.2, -0.15) is 0 Å². The zero-order valence-electron chi connectivity index (χ0n) is 4.81. The fraction of sp³-hybridized carbons (Fsp3) is 0.800. The molecule has 1 N–H and O–H groups in total. The number of carbonyl (C=O) groups is 1. The number of β-lactam (4-membered cyclic amide) rings is 1. The lowest BCUT2D eigenvalue weighted by Gasteiger charge is -2.25. The summed E-state index contributed by atoms with van der Waals surface area (Å²) in [6, 6.07) is 0. The van der Waals surface area contributed by atoms with E-state index in [1.165, 1.54) is 0 Å². The lowest BCUT2D eigenvalue weighted by atomic mass is 10.2. The Labute approximate surface area is 48.0 Å². The highest BCUT2D eigenvalue weighted by Crippen LogP contribution is 2.03. The molecule has 0 saturated carbocycles. The van der Waals surface area contributed by atoms with Crippen molar-refractivity contribution in [1.29, 1.82) is 0 Å². The third-order valence-corrected chi connectivity index (χ3v) is 1.06. The van der Waals surface area contributed by atoms with Crippen LogP contribution in [0.5, 0.6) is 0 Å². The van der Waals surface area contributed by atoms with E-state index >= 15 is 0 Å². The minimum atomic E-state index is 0.00694. The molecule has 8 heavy (non-hydrogen) atoms. The molecule has 1 heterocycles. The van der Waals surface area contributed by atoms with Crippen molar-refractivity contribution in [3.05, 3.63) is 0 Å². The van der Waals surface area contributed by atoms with Gasteiger partial charge < -0.3 is 10.1 Å². The summed E-state index contributed by atoms with van der Waals surface area (Å²) in [7, 11) is 0. The van der Waals surface area contributed by atoms with E-state index in [1.807, 2.05) is 6.92 Å². The summed E-state index contributed by atoms with van der Waals surface area (Å²) in [6.45, 7) is 2.58. The first kappa shape index (κ1) is 5.56. The first-order valence-corrected chi connectivity index (χ1v) is 2.74. The average molecular weight is 115 g/mol. The highest BCUT2D eigenvalue weighted by Gasteiger charge is 2.24. The number of rotatable bonds is 2. The third-order valence-electron chi connectivity index (χ3n) is 1.06. The molecule has 0 aromatic carbocycles. The van der Waals surface area contributed by atoms with Gasteiger partial charge in [0.1, 0.15) is 6.23 Å². The fourth-order valence-electron chi connectivity index (χ4n) is 0.629. The van der Waals surface area contributed by atoms with Crippen LogP contribution in [0.4, 0.5) is 0 Å². The van der Waals surface area contributed by atoms with Gasteiger partial charge in [0.25, 0.3) is 0 Å². The average Bonchev–Trinajstić information content (AvgIpc) is 1.64. The van der Waals surface area contributed by atoms with E-state index < -0.39 is 0 Å². The maximum atomic E-state index is 10.2. The van der Waals surface area contributed by atoms with Crippen molar-refractivity contribution in [2.24, 2.45) is 0 Å². The molecule has 1 aliphatic heterocycles. The first-order chi connectivity index (χ1) is 3.83. The second kappa shape index (κ2) is 2.13. The number of amides is 1. The van der Waals surface area contributed by atoms with Crippen LogP contribution in [-0.2, 0) is 9.53 Å². The Morgan fingerprint density at radius 2 is 2.62 bits per heavy atom. The van der Waals surface area contributed by atoms with Crippen LogP contribution in [0.15, 0.2) is 0 Å². The van der Waals surface area contributed by atoms with Gasteiger partial charge in [-0.15, -0.1) is 0 Å². The second-order valence-corrected chi connectivity index (χ2v) is 1.72. The summed E-state index contributed by atoms with van der Waals surface area (Å²) in [6.07, 6.45) is 0.542. The van der Waals surface area contributed by atoms with Crippen molar-refractivity contribution in [2.45, 2.75) is 19.6 Å². The van der Waals surface area contributed by atoms with Crippen LogP contribution in [0.25, 0.3) is 0 Å². The Kier molecular flexibility index (Phi) is 1.48. The minimum absolute atomic E-state index is 0.00694. The van der Waals surface area contributed by atoms with Gasteiger partial charge in [-0.1, -0.05) is 0 Å². The molecule has 0 radical (unpaired) electrons. The summed E-state index contributed by atoms with van der Waals surface area (Å²) in [5.41, 5.74) is 0. The van der Waals surface area contributed by atoms with E-state index in [9.17, 15) is 4.79 Å². The van der Waals surface area contributed by atoms with Gasteiger partial charge in [0.15, 0.2) is 0 Å². The molecule has 0 aromatic heterocycles. The van der Waals surface area contributed by atoms with Crippen LogP contribution in [0.1, 0.15) is 13.3 Å². The largest absolute Gasteiger partial charge is 0.358 e. The van der Waals surface area contributed by atoms with Crippen molar-refractivity contribution in [2.75, 3.05) is 6.61 Å². The molecule has 1 unspecified atom stereocenters. The maximum Gasteiger partial charge on any atom is 0.226 e. The topological polar surface area (TPSA) is 38.3 Å². The van der Waals surface area contributed by atoms with Crippen LogP contribution in [0.2, 0.25) is 0 Å². The first-order valence-electron chi connectivity index (χ1n) is 2.74. The summed E-state index contributed by atoms with van der Waals surface area (Å²) in [4.78, 5) is 10.2. The Bertz CT molecular complexity index is 94.6. The van der Waals surface area contributed by atoms with E-state index in [0.717, 1.165) is 0 Å². The predicted molar refractivity (Wildman–Crippen MR) is 28.2 cm³/mol. The van der Waals surface area contributed by atoms with Crippen LogP contribution >= 0.6 is 0 Å². The molecule has 1 amide bonds. The van der Waals surface area contributed by atoms with Crippen LogP contribution in [0, 0.1) is 0 Å². The van der Waals surface area contributed by atoms with Crippen LogP contribution in [0.3, 0.4) is 0 Å². The van der Waals surface area contributed by atoms with E-state index in [2.05, 4.69) is 5.32 Å². The normalized spacial score (nSPS) is 26.6. The third kappa shape index (κ3) is 0.980. The van der Waals surface area contributed by atoms with Crippen molar-refractivity contribution in [3.63, 3.8) is 0 Å². The van der Waals surface area contributed by atoms with Crippen molar-refractivity contribution >= 4 is 5.91 Å². The summed E-state index contributed by atoms with van der Waals surface area (Å²) < 4.78 is 5.02. The molecule has 0 bridgehead atoms. The number of hydrogen-bond donors (Lipinski definition) is 1. The second-order valence-electron chi connectivity index (χ2n) is 1.72. The van der Waals surface area contributed by atoms with Gasteiger partial charge >= 0.3 is 0 Å². The summed E-state index contributed by atoms with van der Waals surface area (Å²) in [5, 5.41) is 2.58. The minimum Gasteiger partial charge on any atom is -0.358 e. The molecule has 1 rings (SSSR count). The van der Waals surface area contributed by atoms with Gasteiger partial charge in [0.2, 0.25) is 5.91 Å². The molecule has 0 aromatic rings. The molecular weight excluding hydrogens is 106 g/mol. The monoisotopic (exact) mass is 115 g/mol. The highest BCUT2D eigenvalue weighted by atomic mass is 16.5. The van der Waals surface area contributed by atoms with E-state index in [1.54, 1.807) is 0 Å². The molecule has 0 spiro atoms. The summed E-state index contributed by atoms with van der Waals surface area (Å²) >= 11 is 0. The van der Waals surface area contributed by atoms with E-state index in [4.69, 9.17) is 4.74 Å². The van der Waals surface area contributed by atoms with E-state index in [-0.39, 0.29) is 12.1 Å². The van der Waals surface area contributed by atoms with Gasteiger partial charge in [-0.3, -0.25) is 4.79 Å². The summed E-state index contributed by atoms with van der Waals surface area (Å²) in [5.74, 6) is 0.0865. The lowest BCUT2D eigenvalue weighted by Crippen LogP contribution is -2.49. The smallest absolute Gasteiger partial charge is 0.226 e. The molecule has 46 valence electrons. The molecule has 1 fully saturated rings. The highest BCUT2D eigenvalue weighted by molar-refractivity contribution is 5.82. The Morgan fingerprint density at radius 3 is 3.00 bits per heavy atom. The lowest BCUT2D eigenvalue weighted by molar-refractivity contribution is -0.140. The fourth-order valence-corrected chi connectivity index (χ4v) is 0.629.